The van der Waals surface area contributed by atoms with Gasteiger partial charge in [-0.15, -0.1) is 23.2 Å². The first kappa shape index (κ1) is 27.7. The highest BCUT2D eigenvalue weighted by molar-refractivity contribution is 6.53. The number of aliphatic hydroxyl groups excluding tert-OH is 1. The lowest BCUT2D eigenvalue weighted by molar-refractivity contribution is -0.280. The lowest BCUT2D eigenvalue weighted by Crippen LogP contribution is -2.46. The molecule has 0 spiro atoms. The van der Waals surface area contributed by atoms with E-state index in [2.05, 4.69) is 5.32 Å². The first-order valence-electron chi connectivity index (χ1n) is 9.46. The minimum Gasteiger partial charge on any atom is -0.374 e. The largest absolute Gasteiger partial charge is 0.454 e. The lowest BCUT2D eigenvalue weighted by atomic mass is 10.1. The molecule has 3 rings (SSSR count). The van der Waals surface area contributed by atoms with Gasteiger partial charge in [-0.2, -0.15) is 22.0 Å². The van der Waals surface area contributed by atoms with Gasteiger partial charge in [-0.3, -0.25) is 10.1 Å². The summed E-state index contributed by atoms with van der Waals surface area (Å²) >= 11 is 18.0. The number of amides is 1. The zero-order valence-electron chi connectivity index (χ0n) is 16.8. The second kappa shape index (κ2) is 9.55. The van der Waals surface area contributed by atoms with E-state index in [1.807, 2.05) is 0 Å². The maximum atomic E-state index is 14.1. The van der Waals surface area contributed by atoms with Crippen LogP contribution in [-0.4, -0.2) is 34.0 Å². The van der Waals surface area contributed by atoms with Crippen LogP contribution < -0.4 is 10.6 Å². The van der Waals surface area contributed by atoms with Crippen LogP contribution in [0, 0.1) is 23.4 Å². The predicted octanol–water partition coefficient (Wildman–Crippen LogP) is 6.06. The van der Waals surface area contributed by atoms with Crippen molar-refractivity contribution in [2.45, 2.75) is 28.6 Å². The second-order valence-electron chi connectivity index (χ2n) is 7.64. The first-order valence-corrected chi connectivity index (χ1v) is 10.6. The molecule has 3 unspecified atom stereocenters. The summed E-state index contributed by atoms with van der Waals surface area (Å²) in [5.74, 6) is -12.4. The average molecular weight is 572 g/mol. The van der Waals surface area contributed by atoms with Gasteiger partial charge in [-0.1, -0.05) is 17.7 Å². The zero-order valence-corrected chi connectivity index (χ0v) is 19.1. The fraction of sp³-hybridized carbons (Fsp3) is 0.350. The van der Waals surface area contributed by atoms with E-state index in [9.17, 15) is 45.0 Å². The van der Waals surface area contributed by atoms with E-state index >= 15 is 0 Å². The normalized spacial score (nSPS) is 20.5. The summed E-state index contributed by atoms with van der Waals surface area (Å²) in [5.41, 5.74) is -1.24. The molecule has 0 bridgehead atoms. The predicted molar refractivity (Wildman–Crippen MR) is 111 cm³/mol. The van der Waals surface area contributed by atoms with Crippen molar-refractivity contribution in [3.8, 4) is 0 Å². The van der Waals surface area contributed by atoms with Crippen LogP contribution in [0.15, 0.2) is 30.3 Å². The first-order chi connectivity index (χ1) is 16.0. The molecule has 0 aromatic heterocycles. The van der Waals surface area contributed by atoms with Gasteiger partial charge in [-0.25, -0.2) is 13.2 Å². The Balaban J connectivity index is 1.77. The highest BCUT2D eigenvalue weighted by Gasteiger charge is 2.67. The number of anilines is 1. The number of aliphatic hydroxyl groups is 1. The van der Waals surface area contributed by atoms with Crippen molar-refractivity contribution in [1.29, 1.82) is 0 Å². The van der Waals surface area contributed by atoms with Crippen molar-refractivity contribution in [2.24, 2.45) is 5.92 Å². The quantitative estimate of drug-likeness (QED) is 0.215. The smallest absolute Gasteiger partial charge is 0.374 e. The number of nitrogens with one attached hydrogen (secondary N) is 2. The number of alkyl halides is 7. The van der Waals surface area contributed by atoms with Gasteiger partial charge in [0.2, 0.25) is 5.91 Å². The molecule has 3 N–H and O–H groups in total. The van der Waals surface area contributed by atoms with Crippen molar-refractivity contribution in [2.75, 3.05) is 11.9 Å². The molecular formula is C20H13Cl3F8N2O2. The van der Waals surface area contributed by atoms with Crippen LogP contribution in [0.1, 0.15) is 23.3 Å². The Kier molecular flexibility index (Phi) is 7.56. The van der Waals surface area contributed by atoms with Crippen LogP contribution in [-0.2, 0) is 4.79 Å². The highest BCUT2D eigenvalue weighted by atomic mass is 35.5. The number of hydrogen-bond donors (Lipinski definition) is 3. The van der Waals surface area contributed by atoms with Gasteiger partial charge >= 0.3 is 12.1 Å². The molecule has 1 aliphatic carbocycles. The summed E-state index contributed by atoms with van der Waals surface area (Å²) < 4.78 is 103. The molecule has 1 saturated carbocycles. The molecular weight excluding hydrogens is 559 g/mol. The monoisotopic (exact) mass is 570 g/mol. The summed E-state index contributed by atoms with van der Waals surface area (Å²) in [5, 5.41) is 13.1. The van der Waals surface area contributed by atoms with Crippen LogP contribution in [0.3, 0.4) is 0 Å². The van der Waals surface area contributed by atoms with E-state index in [4.69, 9.17) is 34.8 Å². The molecule has 35 heavy (non-hydrogen) atoms. The van der Waals surface area contributed by atoms with Gasteiger partial charge in [-0.05, 0) is 23.8 Å². The highest BCUT2D eigenvalue weighted by Crippen LogP contribution is 2.65. The Hall–Kier alpha value is -1.86. The molecule has 0 aliphatic heterocycles. The van der Waals surface area contributed by atoms with Crippen molar-refractivity contribution in [3.05, 3.63) is 63.9 Å². The van der Waals surface area contributed by atoms with Crippen molar-refractivity contribution >= 4 is 46.4 Å². The summed E-state index contributed by atoms with van der Waals surface area (Å²) in [6.07, 6.45) is -8.45. The molecule has 2 aromatic rings. The number of halogens is 11. The van der Waals surface area contributed by atoms with E-state index in [0.717, 1.165) is 6.07 Å². The standard InChI is InChI=1S/C20H13Cl3F8N2O2/c21-10-3-7(1-2-11(10)24)13-14(19(13,22)23)17(35)33-8-4-9(15(26)12(25)5-8)16(34)32-6-18(27,28)20(29,30)31/h1-5,13-14,16,32,34H,6H2,(H,33,35). The number of rotatable bonds is 7. The van der Waals surface area contributed by atoms with Gasteiger partial charge < -0.3 is 10.4 Å². The third-order valence-electron chi connectivity index (χ3n) is 5.19. The summed E-state index contributed by atoms with van der Waals surface area (Å²) in [6.45, 7) is -2.14. The number of benzene rings is 2. The molecule has 2 aromatic carbocycles. The van der Waals surface area contributed by atoms with Gasteiger partial charge in [0, 0.05) is 23.2 Å². The molecule has 0 heterocycles. The SMILES string of the molecule is O=C(Nc1cc(F)c(F)c(C(O)NCC(F)(F)C(F)(F)F)c1)C1C(c2ccc(F)c(Cl)c2)C1(Cl)Cl. The summed E-state index contributed by atoms with van der Waals surface area (Å²) in [7, 11) is 0. The van der Waals surface area contributed by atoms with Crippen molar-refractivity contribution in [3.63, 3.8) is 0 Å². The molecule has 4 nitrogen and oxygen atoms in total. The summed E-state index contributed by atoms with van der Waals surface area (Å²) in [6, 6.07) is 4.60. The van der Waals surface area contributed by atoms with E-state index in [1.54, 1.807) is 0 Å². The topological polar surface area (TPSA) is 61.4 Å². The van der Waals surface area contributed by atoms with Crippen LogP contribution in [0.25, 0.3) is 0 Å². The molecule has 192 valence electrons. The Morgan fingerprint density at radius 2 is 1.69 bits per heavy atom. The Morgan fingerprint density at radius 1 is 1.06 bits per heavy atom. The molecule has 0 radical (unpaired) electrons. The van der Waals surface area contributed by atoms with Gasteiger partial charge in [0.1, 0.15) is 16.4 Å². The second-order valence-corrected chi connectivity index (χ2v) is 9.49. The Bertz CT molecular complexity index is 1150. The van der Waals surface area contributed by atoms with Crippen LogP contribution in [0.4, 0.5) is 40.8 Å². The molecule has 1 aliphatic rings. The molecule has 3 atom stereocenters. The maximum absolute atomic E-state index is 14.1. The Morgan fingerprint density at radius 3 is 2.26 bits per heavy atom. The van der Waals surface area contributed by atoms with Gasteiger partial charge in [0.05, 0.1) is 17.5 Å². The minimum absolute atomic E-state index is 0.263. The Labute approximate surface area is 207 Å². The van der Waals surface area contributed by atoms with Gasteiger partial charge in [0.15, 0.2) is 11.6 Å². The summed E-state index contributed by atoms with van der Waals surface area (Å²) in [4.78, 5) is 12.7. The third kappa shape index (κ3) is 5.61. The van der Waals surface area contributed by atoms with Crippen molar-refractivity contribution in [1.82, 2.24) is 5.32 Å². The fourth-order valence-electron chi connectivity index (χ4n) is 3.31. The molecule has 1 amide bonds. The van der Waals surface area contributed by atoms with Crippen LogP contribution in [0.5, 0.6) is 0 Å². The van der Waals surface area contributed by atoms with Gasteiger partial charge in [0.25, 0.3) is 0 Å². The maximum Gasteiger partial charge on any atom is 0.454 e. The third-order valence-corrected chi connectivity index (χ3v) is 6.42. The van der Waals surface area contributed by atoms with Crippen LogP contribution in [0.2, 0.25) is 5.02 Å². The molecule has 1 fully saturated rings. The fourth-order valence-corrected chi connectivity index (χ4v) is 4.33. The van der Waals surface area contributed by atoms with E-state index < -0.39 is 75.7 Å². The van der Waals surface area contributed by atoms with E-state index in [-0.39, 0.29) is 5.02 Å². The number of carbonyl (C=O) groups is 1. The van der Waals surface area contributed by atoms with Crippen LogP contribution >= 0.6 is 34.8 Å². The van der Waals surface area contributed by atoms with E-state index in [0.29, 0.717) is 17.7 Å². The number of hydrogen-bond acceptors (Lipinski definition) is 3. The zero-order chi connectivity index (χ0) is 26.5. The van der Waals surface area contributed by atoms with Crippen molar-refractivity contribution < 1.29 is 45.0 Å². The minimum atomic E-state index is -5.95. The van der Waals surface area contributed by atoms with E-state index in [1.165, 1.54) is 17.4 Å². The molecule has 0 saturated heterocycles. The average Bonchev–Trinajstić information content (AvgIpc) is 3.32. The lowest BCUT2D eigenvalue weighted by Gasteiger charge is -2.22. The molecule has 15 heteroatoms. The number of carbonyl (C=O) groups excluding carboxylic acids is 1.